The molecule has 13 heteroatoms. The van der Waals surface area contributed by atoms with E-state index >= 15 is 0 Å². The fourth-order valence-electron chi connectivity index (χ4n) is 5.06. The molecule has 0 saturated heterocycles. The third-order valence-corrected chi connectivity index (χ3v) is 12.6. The third kappa shape index (κ3) is 18.9. The third-order valence-electron chi connectivity index (χ3n) is 7.75. The van der Waals surface area contributed by atoms with Crippen molar-refractivity contribution in [3.63, 3.8) is 0 Å². The molecule has 0 N–H and O–H groups in total. The molecule has 6 aromatic carbocycles. The summed E-state index contributed by atoms with van der Waals surface area (Å²) in [5.41, 5.74) is 7.87. The Balaban J connectivity index is 0.000000301. The fourth-order valence-corrected chi connectivity index (χ4v) is 9.53. The van der Waals surface area contributed by atoms with Crippen molar-refractivity contribution in [2.45, 2.75) is 41.5 Å². The van der Waals surface area contributed by atoms with Gasteiger partial charge < -0.3 is 0 Å². The number of rotatable bonds is 6. The van der Waals surface area contributed by atoms with Crippen molar-refractivity contribution in [2.75, 3.05) is 0 Å². The van der Waals surface area contributed by atoms with Crippen LogP contribution in [0.25, 0.3) is 0 Å². The van der Waals surface area contributed by atoms with Crippen molar-refractivity contribution in [3.05, 3.63) is 179 Å². The summed E-state index contributed by atoms with van der Waals surface area (Å²) in [4.78, 5) is 0. The van der Waals surface area contributed by atoms with E-state index in [4.69, 9.17) is 37.3 Å². The van der Waals surface area contributed by atoms with Gasteiger partial charge in [-0.1, -0.05) is 179 Å². The molecule has 6 rings (SSSR count). The number of benzene rings is 6. The van der Waals surface area contributed by atoms with E-state index in [0.29, 0.717) is 0 Å². The van der Waals surface area contributed by atoms with Crippen molar-refractivity contribution >= 4 is 47.7 Å². The van der Waals surface area contributed by atoms with E-state index in [0.717, 1.165) is 0 Å². The van der Waals surface area contributed by atoms with Gasteiger partial charge in [-0.15, -0.1) is 20.5 Å². The van der Waals surface area contributed by atoms with E-state index in [1.807, 2.05) is 0 Å². The quantitative estimate of drug-likeness (QED) is 0.154. The first kappa shape index (κ1) is 48.5. The standard InChI is InChI=1S/2C21H21P.2ClHO4.Hg/c2*1-16-4-10-19(11-5-16)22(20-12-6-17(2)7-13-20)21-14-8-18(3)9-15-21;2*2-1(3,4)5;/h2*4-15H,1-3H3;2*(H,2,3,4,5);/q;;;;+2/p-2. The van der Waals surface area contributed by atoms with Crippen molar-refractivity contribution in [2.24, 2.45) is 0 Å². The minimum atomic E-state index is -4.94. The largest absolute Gasteiger partial charge is 2.00 e. The van der Waals surface area contributed by atoms with Gasteiger partial charge in [-0.05, 0) is 89.2 Å². The van der Waals surface area contributed by atoms with E-state index < -0.39 is 36.3 Å². The molecule has 0 saturated carbocycles. The predicted molar refractivity (Wildman–Crippen MR) is 199 cm³/mol. The van der Waals surface area contributed by atoms with Crippen molar-refractivity contribution < 1.29 is 85.4 Å². The Bertz CT molecular complexity index is 1610. The Kier molecular flexibility index (Phi) is 20.2. The Hall–Kier alpha value is -2.62. The van der Waals surface area contributed by atoms with E-state index in [9.17, 15) is 0 Å². The molecule has 0 aliphatic rings. The minimum Gasteiger partial charge on any atom is -0.222 e. The first-order valence-electron chi connectivity index (χ1n) is 16.5. The smallest absolute Gasteiger partial charge is 0.222 e. The van der Waals surface area contributed by atoms with Crippen molar-refractivity contribution in [1.82, 2.24) is 0 Å². The zero-order valence-corrected chi connectivity index (χ0v) is 40.3. The van der Waals surface area contributed by atoms with Crippen LogP contribution >= 0.6 is 15.8 Å². The number of aryl methyl sites for hydroxylation is 6. The summed E-state index contributed by atoms with van der Waals surface area (Å²) < 4.78 is 67.9. The second kappa shape index (κ2) is 22.9. The summed E-state index contributed by atoms with van der Waals surface area (Å²) in [7, 11) is -10.9. The maximum Gasteiger partial charge on any atom is 2.00 e. The Morgan fingerprint density at radius 2 is 0.345 bits per heavy atom. The maximum atomic E-state index is 8.49. The minimum absolute atomic E-state index is 0. The number of hydrogen-bond acceptors (Lipinski definition) is 8. The van der Waals surface area contributed by atoms with Gasteiger partial charge in [-0.2, -0.15) is 0 Å². The predicted octanol–water partition coefficient (Wildman–Crippen LogP) is -0.774. The van der Waals surface area contributed by atoms with Gasteiger partial charge in [0.25, 0.3) is 0 Å². The molecule has 0 fully saturated rings. The van der Waals surface area contributed by atoms with Crippen LogP contribution in [0.4, 0.5) is 0 Å². The second-order valence-corrected chi connectivity index (χ2v) is 18.4. The van der Waals surface area contributed by atoms with Gasteiger partial charge in [0.05, 0.1) is 0 Å². The van der Waals surface area contributed by atoms with Gasteiger partial charge in [0.2, 0.25) is 0 Å². The van der Waals surface area contributed by atoms with Crippen LogP contribution in [0.15, 0.2) is 146 Å². The normalized spacial score (nSPS) is 10.9. The molecular weight excluding hydrogens is 966 g/mol. The van der Waals surface area contributed by atoms with Crippen LogP contribution < -0.4 is 69.1 Å². The summed E-state index contributed by atoms with van der Waals surface area (Å²) in [5, 5.41) is 8.46. The molecule has 0 heterocycles. The average Bonchev–Trinajstić information content (AvgIpc) is 3.09. The second-order valence-electron chi connectivity index (χ2n) is 12.4. The van der Waals surface area contributed by atoms with Crippen molar-refractivity contribution in [3.8, 4) is 0 Å². The molecule has 0 aliphatic carbocycles. The topological polar surface area (TPSA) is 184 Å². The summed E-state index contributed by atoms with van der Waals surface area (Å²) >= 11 is 0. The summed E-state index contributed by atoms with van der Waals surface area (Å²) in [5.74, 6) is 0. The molecule has 0 unspecified atom stereocenters. The molecule has 6 aromatic rings. The number of hydrogen-bond donors (Lipinski definition) is 0. The van der Waals surface area contributed by atoms with Crippen LogP contribution in [0, 0.1) is 62.0 Å². The zero-order valence-electron chi connectivity index (χ0n) is 31.5. The molecule has 0 spiro atoms. The summed E-state index contributed by atoms with van der Waals surface area (Å²) in [6, 6.07) is 53.9. The van der Waals surface area contributed by atoms with Gasteiger partial charge in [0.15, 0.2) is 0 Å². The van der Waals surface area contributed by atoms with Crippen LogP contribution in [0.2, 0.25) is 0 Å². The molecule has 8 nitrogen and oxygen atoms in total. The molecule has 55 heavy (non-hydrogen) atoms. The van der Waals surface area contributed by atoms with Crippen LogP contribution in [0.3, 0.4) is 0 Å². The Morgan fingerprint density at radius 3 is 0.436 bits per heavy atom. The van der Waals surface area contributed by atoms with Gasteiger partial charge in [0, 0.05) is 0 Å². The van der Waals surface area contributed by atoms with Crippen molar-refractivity contribution in [1.29, 1.82) is 0 Å². The van der Waals surface area contributed by atoms with Crippen LogP contribution in [-0.4, -0.2) is 0 Å². The summed E-state index contributed by atoms with van der Waals surface area (Å²) in [6.45, 7) is 12.9. The van der Waals surface area contributed by atoms with Gasteiger partial charge in [-0.25, -0.2) is 37.3 Å². The molecule has 0 atom stereocenters. The van der Waals surface area contributed by atoms with Crippen LogP contribution in [-0.2, 0) is 27.7 Å². The maximum absolute atomic E-state index is 8.49. The molecule has 284 valence electrons. The molecule has 0 bridgehead atoms. The van der Waals surface area contributed by atoms with Gasteiger partial charge in [-0.3, -0.25) is 0 Å². The van der Waals surface area contributed by atoms with Crippen LogP contribution in [0.5, 0.6) is 0 Å². The number of halogens is 2. The average molecular weight is 1010 g/mol. The van der Waals surface area contributed by atoms with E-state index in [-0.39, 0.29) is 27.7 Å². The summed E-state index contributed by atoms with van der Waals surface area (Å²) in [6.07, 6.45) is 0. The van der Waals surface area contributed by atoms with Crippen LogP contribution in [0.1, 0.15) is 33.4 Å². The van der Waals surface area contributed by atoms with Gasteiger partial charge in [0.1, 0.15) is 0 Å². The van der Waals surface area contributed by atoms with E-state index in [1.54, 1.807) is 0 Å². The molecule has 0 amide bonds. The zero-order chi connectivity index (χ0) is 40.1. The van der Waals surface area contributed by atoms with E-state index in [2.05, 4.69) is 187 Å². The van der Waals surface area contributed by atoms with Gasteiger partial charge >= 0.3 is 27.7 Å². The molecule has 0 aromatic heterocycles. The fraction of sp³-hybridized carbons (Fsp3) is 0.143. The monoisotopic (exact) mass is 1010 g/mol. The molecular formula is C42H42Cl2HgO8P2. The van der Waals surface area contributed by atoms with E-state index in [1.165, 1.54) is 65.2 Å². The molecule has 0 radical (unpaired) electrons. The Labute approximate surface area is 351 Å². The first-order valence-corrected chi connectivity index (χ1v) is 21.7. The first-order chi connectivity index (χ1) is 25.3. The SMILES string of the molecule is Cc1ccc(P(c2ccc(C)cc2)c2ccc(C)cc2)cc1.Cc1ccc(P(c2ccc(C)cc2)c2ccc(C)cc2)cc1.[Hg+2].[O-][Cl+3]([O-])([O-])[O-].[O-][Cl+3]([O-])([O-])[O-]. The Morgan fingerprint density at radius 1 is 0.255 bits per heavy atom. The molecule has 0 aliphatic heterocycles.